The lowest BCUT2D eigenvalue weighted by Gasteiger charge is -2.22. The number of hydrogen-bond acceptors (Lipinski definition) is 5. The van der Waals surface area contributed by atoms with Gasteiger partial charge in [0, 0.05) is 35.2 Å². The summed E-state index contributed by atoms with van der Waals surface area (Å²) in [7, 11) is 0. The summed E-state index contributed by atoms with van der Waals surface area (Å²) < 4.78 is 42.7. The third-order valence-corrected chi connectivity index (χ3v) is 8.37. The maximum absolute atomic E-state index is 12.9. The number of aromatic nitrogens is 3. The van der Waals surface area contributed by atoms with Gasteiger partial charge in [-0.15, -0.1) is 18.3 Å². The molecule has 1 aliphatic heterocycles. The molecule has 0 radical (unpaired) electrons. The number of aryl methyl sites for hydroxylation is 2. The number of anilines is 1. The van der Waals surface area contributed by atoms with Crippen molar-refractivity contribution in [3.63, 3.8) is 0 Å². The van der Waals surface area contributed by atoms with Crippen LogP contribution in [0.3, 0.4) is 0 Å². The predicted octanol–water partition coefficient (Wildman–Crippen LogP) is 8.39. The van der Waals surface area contributed by atoms with Crippen molar-refractivity contribution in [1.82, 2.24) is 14.8 Å². The Kier molecular flexibility index (Phi) is 9.71. The van der Waals surface area contributed by atoms with Crippen molar-refractivity contribution in [3.05, 3.63) is 89.7 Å². The molecule has 1 aliphatic rings. The minimum Gasteiger partial charge on any atom is -0.406 e. The largest absolute Gasteiger partial charge is 0.573 e. The zero-order chi connectivity index (χ0) is 32.1. The van der Waals surface area contributed by atoms with Crippen molar-refractivity contribution in [1.29, 1.82) is 0 Å². The molecular weight excluding hydrogens is 601 g/mol. The number of benzene rings is 3. The molecule has 0 bridgehead atoms. The van der Waals surface area contributed by atoms with Gasteiger partial charge in [-0.3, -0.25) is 0 Å². The van der Waals surface area contributed by atoms with E-state index in [-0.39, 0.29) is 11.7 Å². The average Bonchev–Trinajstić information content (AvgIpc) is 3.68. The highest BCUT2D eigenvalue weighted by Crippen LogP contribution is 2.31. The third-order valence-electron chi connectivity index (χ3n) is 7.41. The molecule has 8 nitrogen and oxygen atoms in total. The summed E-state index contributed by atoms with van der Waals surface area (Å²) in [5.74, 6) is 0.863. The Hall–Kier alpha value is -4.45. The molecule has 1 aromatic heterocycles. The van der Waals surface area contributed by atoms with E-state index < -0.39 is 12.4 Å². The molecule has 0 N–H and O–H groups in total. The number of thioether (sulfide) groups is 1. The van der Waals surface area contributed by atoms with E-state index in [9.17, 15) is 18.0 Å². The molecule has 0 saturated carbocycles. The number of hydrogen-bond donors (Lipinski definition) is 0. The number of urea groups is 1. The SMILES string of the molecule is CCCc1ccc(C)cc1N1CCSC1=NC(=O)N=C(C)C(C)c1ccc(-c2ncn(-c3ccc(OC(F)(F)F)cc3)n2)cc1. The van der Waals surface area contributed by atoms with Crippen LogP contribution in [-0.2, 0) is 6.42 Å². The molecule has 1 fully saturated rings. The van der Waals surface area contributed by atoms with Crippen molar-refractivity contribution in [2.45, 2.75) is 52.8 Å². The minimum absolute atomic E-state index is 0.133. The number of halogens is 3. The topological polar surface area (TPSA) is 85.0 Å². The summed E-state index contributed by atoms with van der Waals surface area (Å²) in [4.78, 5) is 28.1. The second kappa shape index (κ2) is 13.7. The third kappa shape index (κ3) is 7.99. The van der Waals surface area contributed by atoms with Crippen molar-refractivity contribution in [3.8, 4) is 22.8 Å². The molecule has 234 valence electrons. The Labute approximate surface area is 264 Å². The molecule has 5 rings (SSSR count). The van der Waals surface area contributed by atoms with Crippen molar-refractivity contribution in [2.75, 3.05) is 17.2 Å². The molecule has 1 saturated heterocycles. The van der Waals surface area contributed by atoms with Crippen LogP contribution in [0.5, 0.6) is 5.75 Å². The van der Waals surface area contributed by atoms with Crippen LogP contribution in [0.4, 0.5) is 23.7 Å². The van der Waals surface area contributed by atoms with Crippen molar-refractivity contribution >= 4 is 34.4 Å². The average molecular weight is 635 g/mol. The van der Waals surface area contributed by atoms with Gasteiger partial charge in [0.25, 0.3) is 0 Å². The smallest absolute Gasteiger partial charge is 0.406 e. The van der Waals surface area contributed by atoms with Gasteiger partial charge in [0.15, 0.2) is 11.0 Å². The molecule has 4 aromatic rings. The van der Waals surface area contributed by atoms with Gasteiger partial charge in [0.05, 0.1) is 5.69 Å². The van der Waals surface area contributed by atoms with E-state index in [2.05, 4.69) is 61.8 Å². The molecule has 45 heavy (non-hydrogen) atoms. The lowest BCUT2D eigenvalue weighted by atomic mass is 9.96. The standard InChI is InChI=1S/C33H33F3N6O2S/c1-5-6-25-8-7-21(2)19-29(25)41-17-18-45-32(41)39-31(43)38-23(4)22(3)24-9-11-26(12-10-24)30-37-20-42(40-30)27-13-15-28(16-14-27)44-33(34,35)36/h7-16,19-20,22H,5-6,17-18H2,1-4H3. The Morgan fingerprint density at radius 2 is 1.82 bits per heavy atom. The summed E-state index contributed by atoms with van der Waals surface area (Å²) in [6, 6.07) is 18.9. The number of rotatable bonds is 8. The first-order chi connectivity index (χ1) is 21.5. The Morgan fingerprint density at radius 3 is 2.51 bits per heavy atom. The lowest BCUT2D eigenvalue weighted by Crippen LogP contribution is -2.25. The maximum Gasteiger partial charge on any atom is 0.573 e. The highest BCUT2D eigenvalue weighted by atomic mass is 32.2. The molecule has 1 atom stereocenters. The van der Waals surface area contributed by atoms with Gasteiger partial charge < -0.3 is 9.64 Å². The molecule has 2 amide bonds. The molecule has 0 spiro atoms. The van der Waals surface area contributed by atoms with Crippen LogP contribution in [0, 0.1) is 6.92 Å². The summed E-state index contributed by atoms with van der Waals surface area (Å²) in [6.07, 6.45) is -1.27. The van der Waals surface area contributed by atoms with Gasteiger partial charge >= 0.3 is 12.4 Å². The minimum atomic E-state index is -4.75. The summed E-state index contributed by atoms with van der Waals surface area (Å²) in [5.41, 5.74) is 6.42. The number of carbonyl (C=O) groups excluding carboxylic acids is 1. The summed E-state index contributed by atoms with van der Waals surface area (Å²) >= 11 is 1.57. The number of amides is 2. The van der Waals surface area contributed by atoms with E-state index in [1.807, 2.05) is 38.1 Å². The van der Waals surface area contributed by atoms with Gasteiger partial charge in [-0.05, 0) is 67.3 Å². The lowest BCUT2D eigenvalue weighted by molar-refractivity contribution is -0.274. The van der Waals surface area contributed by atoms with E-state index in [1.165, 1.54) is 46.4 Å². The van der Waals surface area contributed by atoms with Crippen LogP contribution in [0.15, 0.2) is 83.0 Å². The second-order valence-electron chi connectivity index (χ2n) is 10.7. The van der Waals surface area contributed by atoms with Crippen LogP contribution in [0.1, 0.15) is 49.8 Å². The van der Waals surface area contributed by atoms with Crippen LogP contribution in [0.2, 0.25) is 0 Å². The fourth-order valence-electron chi connectivity index (χ4n) is 4.96. The van der Waals surface area contributed by atoms with Gasteiger partial charge in [-0.1, -0.05) is 68.4 Å². The van der Waals surface area contributed by atoms with Crippen molar-refractivity contribution in [2.24, 2.45) is 9.98 Å². The summed E-state index contributed by atoms with van der Waals surface area (Å²) in [6.45, 7) is 8.82. The monoisotopic (exact) mass is 634 g/mol. The first kappa shape index (κ1) is 32.0. The molecular formula is C33H33F3N6O2S. The van der Waals surface area contributed by atoms with E-state index in [4.69, 9.17) is 0 Å². The quantitative estimate of drug-likeness (QED) is 0.181. The fourth-order valence-corrected chi connectivity index (χ4v) is 5.91. The van der Waals surface area contributed by atoms with Crippen LogP contribution < -0.4 is 9.64 Å². The highest BCUT2D eigenvalue weighted by molar-refractivity contribution is 8.14. The Bertz CT molecular complexity index is 1720. The first-order valence-corrected chi connectivity index (χ1v) is 15.5. The van der Waals surface area contributed by atoms with E-state index in [0.29, 0.717) is 22.4 Å². The predicted molar refractivity (Wildman–Crippen MR) is 173 cm³/mol. The zero-order valence-electron chi connectivity index (χ0n) is 25.4. The van der Waals surface area contributed by atoms with Gasteiger partial charge in [-0.2, -0.15) is 4.99 Å². The number of amidine groups is 1. The van der Waals surface area contributed by atoms with Crippen LogP contribution >= 0.6 is 11.8 Å². The normalized spacial score (nSPS) is 15.5. The molecule has 2 heterocycles. The van der Waals surface area contributed by atoms with Crippen LogP contribution in [-0.4, -0.2) is 50.3 Å². The first-order valence-electron chi connectivity index (χ1n) is 14.6. The zero-order valence-corrected chi connectivity index (χ0v) is 26.2. The van der Waals surface area contributed by atoms with E-state index in [0.717, 1.165) is 42.0 Å². The highest BCUT2D eigenvalue weighted by Gasteiger charge is 2.31. The fraction of sp³-hybridized carbons (Fsp3) is 0.303. The Morgan fingerprint density at radius 1 is 1.09 bits per heavy atom. The van der Waals surface area contributed by atoms with E-state index >= 15 is 0 Å². The number of nitrogens with zero attached hydrogens (tertiary/aromatic N) is 6. The molecule has 12 heteroatoms. The number of aliphatic imine (C=N–C) groups is 2. The van der Waals surface area contributed by atoms with Gasteiger partial charge in [0.2, 0.25) is 0 Å². The maximum atomic E-state index is 12.9. The number of carbonyl (C=O) groups is 1. The van der Waals surface area contributed by atoms with Gasteiger partial charge in [0.1, 0.15) is 12.1 Å². The Balaban J connectivity index is 1.26. The van der Waals surface area contributed by atoms with E-state index in [1.54, 1.807) is 11.8 Å². The number of alkyl halides is 3. The molecule has 3 aromatic carbocycles. The number of ether oxygens (including phenoxy) is 1. The molecule has 0 aliphatic carbocycles. The second-order valence-corrected chi connectivity index (χ2v) is 11.8. The van der Waals surface area contributed by atoms with Gasteiger partial charge in [-0.25, -0.2) is 19.5 Å². The van der Waals surface area contributed by atoms with Crippen molar-refractivity contribution < 1.29 is 22.7 Å². The molecule has 1 unspecified atom stereocenters. The summed E-state index contributed by atoms with van der Waals surface area (Å²) in [5, 5.41) is 5.13. The van der Waals surface area contributed by atoms with Crippen LogP contribution in [0.25, 0.3) is 17.1 Å².